The maximum atomic E-state index is 3.56. The molecule has 2 rings (SSSR count). The molecule has 0 saturated heterocycles. The third kappa shape index (κ3) is 4.19. The van der Waals surface area contributed by atoms with Gasteiger partial charge in [0.15, 0.2) is 0 Å². The summed E-state index contributed by atoms with van der Waals surface area (Å²) < 4.78 is 1.12. The number of hydrogen-bond donors (Lipinski definition) is 1. The molecule has 0 amide bonds. The van der Waals surface area contributed by atoms with Crippen LogP contribution in [0.4, 0.5) is 0 Å². The van der Waals surface area contributed by atoms with E-state index < -0.39 is 0 Å². The highest BCUT2D eigenvalue weighted by molar-refractivity contribution is 9.10. The van der Waals surface area contributed by atoms with E-state index in [0.29, 0.717) is 6.04 Å². The van der Waals surface area contributed by atoms with Crippen molar-refractivity contribution in [2.24, 2.45) is 0 Å². The number of nitrogens with one attached hydrogen (secondary N) is 1. The lowest BCUT2D eigenvalue weighted by Gasteiger charge is -2.14. The van der Waals surface area contributed by atoms with E-state index in [9.17, 15) is 0 Å². The Balaban J connectivity index is 1.92. The summed E-state index contributed by atoms with van der Waals surface area (Å²) in [7, 11) is 0. The molecule has 0 radical (unpaired) electrons. The van der Waals surface area contributed by atoms with Crippen molar-refractivity contribution in [3.8, 4) is 0 Å². The van der Waals surface area contributed by atoms with Crippen LogP contribution >= 0.6 is 15.9 Å². The molecule has 1 atom stereocenters. The van der Waals surface area contributed by atoms with Crippen molar-refractivity contribution in [2.45, 2.75) is 32.9 Å². The zero-order valence-electron chi connectivity index (χ0n) is 11.5. The first kappa shape index (κ1) is 14.3. The van der Waals surface area contributed by atoms with Gasteiger partial charge in [0, 0.05) is 17.1 Å². The van der Waals surface area contributed by atoms with E-state index >= 15 is 0 Å². The Bertz CT molecular complexity index is 502. The summed E-state index contributed by atoms with van der Waals surface area (Å²) in [6.07, 6.45) is 1.10. The van der Waals surface area contributed by atoms with Gasteiger partial charge in [0.25, 0.3) is 0 Å². The number of rotatable bonds is 5. The van der Waals surface area contributed by atoms with Crippen molar-refractivity contribution in [3.05, 3.63) is 69.7 Å². The lowest BCUT2D eigenvalue weighted by molar-refractivity contribution is 0.574. The van der Waals surface area contributed by atoms with Gasteiger partial charge in [0.1, 0.15) is 0 Å². The monoisotopic (exact) mass is 317 g/mol. The van der Waals surface area contributed by atoms with Gasteiger partial charge in [-0.2, -0.15) is 0 Å². The molecule has 1 unspecified atom stereocenters. The molecule has 0 aliphatic rings. The van der Waals surface area contributed by atoms with Crippen LogP contribution in [0, 0.1) is 0 Å². The highest BCUT2D eigenvalue weighted by Crippen LogP contribution is 2.17. The van der Waals surface area contributed by atoms with Gasteiger partial charge in [-0.25, -0.2) is 0 Å². The van der Waals surface area contributed by atoms with Gasteiger partial charge in [0.05, 0.1) is 0 Å². The zero-order chi connectivity index (χ0) is 13.7. The lowest BCUT2D eigenvalue weighted by Crippen LogP contribution is -2.17. The standard InChI is InChI=1S/C17H20BrN/c1-3-14-4-6-15(7-5-14)12-19-13(2)16-8-10-17(18)11-9-16/h4-11,13,19H,3,12H2,1-2H3. The summed E-state index contributed by atoms with van der Waals surface area (Å²) in [5.41, 5.74) is 4.04. The number of aryl methyl sites for hydroxylation is 1. The maximum Gasteiger partial charge on any atom is 0.0294 e. The van der Waals surface area contributed by atoms with Crippen LogP contribution in [0.15, 0.2) is 53.0 Å². The number of benzene rings is 2. The molecular weight excluding hydrogens is 298 g/mol. The largest absolute Gasteiger partial charge is 0.306 e. The summed E-state index contributed by atoms with van der Waals surface area (Å²) in [5, 5.41) is 3.56. The average Bonchev–Trinajstić information content (AvgIpc) is 2.46. The van der Waals surface area contributed by atoms with E-state index in [1.807, 2.05) is 0 Å². The van der Waals surface area contributed by atoms with E-state index in [-0.39, 0.29) is 0 Å². The second kappa shape index (κ2) is 6.88. The summed E-state index contributed by atoms with van der Waals surface area (Å²) in [5.74, 6) is 0. The van der Waals surface area contributed by atoms with Crippen LogP contribution in [0.5, 0.6) is 0 Å². The molecule has 1 nitrogen and oxygen atoms in total. The first-order valence-corrected chi connectivity index (χ1v) is 7.55. The Hall–Kier alpha value is -1.12. The fraction of sp³-hybridized carbons (Fsp3) is 0.294. The molecule has 2 heteroatoms. The van der Waals surface area contributed by atoms with Crippen LogP contribution < -0.4 is 5.32 Å². The predicted molar refractivity (Wildman–Crippen MR) is 85.2 cm³/mol. The number of halogens is 1. The third-order valence-electron chi connectivity index (χ3n) is 3.41. The Labute approximate surface area is 124 Å². The highest BCUT2D eigenvalue weighted by Gasteiger charge is 2.04. The van der Waals surface area contributed by atoms with Crippen molar-refractivity contribution < 1.29 is 0 Å². The topological polar surface area (TPSA) is 12.0 Å². The first-order valence-electron chi connectivity index (χ1n) is 6.75. The van der Waals surface area contributed by atoms with Crippen molar-refractivity contribution in [1.29, 1.82) is 0 Å². The second-order valence-corrected chi connectivity index (χ2v) is 5.74. The molecule has 2 aromatic rings. The van der Waals surface area contributed by atoms with Crippen LogP contribution in [-0.4, -0.2) is 0 Å². The van der Waals surface area contributed by atoms with Gasteiger partial charge in [0.2, 0.25) is 0 Å². The Morgan fingerprint density at radius 1 is 0.947 bits per heavy atom. The minimum absolute atomic E-state index is 0.360. The van der Waals surface area contributed by atoms with Gasteiger partial charge in [-0.15, -0.1) is 0 Å². The maximum absolute atomic E-state index is 3.56. The number of hydrogen-bond acceptors (Lipinski definition) is 1. The molecule has 0 heterocycles. The summed E-state index contributed by atoms with van der Waals surface area (Å²) >= 11 is 3.46. The van der Waals surface area contributed by atoms with Gasteiger partial charge >= 0.3 is 0 Å². The Kier molecular flexibility index (Phi) is 5.17. The molecule has 0 aromatic heterocycles. The second-order valence-electron chi connectivity index (χ2n) is 4.82. The molecule has 2 aromatic carbocycles. The first-order chi connectivity index (χ1) is 9.19. The normalized spacial score (nSPS) is 12.4. The predicted octanol–water partition coefficient (Wildman–Crippen LogP) is 4.86. The van der Waals surface area contributed by atoms with Crippen molar-refractivity contribution in [1.82, 2.24) is 5.32 Å². The van der Waals surface area contributed by atoms with E-state index in [2.05, 4.69) is 83.6 Å². The van der Waals surface area contributed by atoms with Gasteiger partial charge in [-0.05, 0) is 42.2 Å². The molecule has 0 spiro atoms. The van der Waals surface area contributed by atoms with E-state index in [1.165, 1.54) is 16.7 Å². The van der Waals surface area contributed by atoms with E-state index in [4.69, 9.17) is 0 Å². The Morgan fingerprint density at radius 3 is 2.11 bits per heavy atom. The SMILES string of the molecule is CCc1ccc(CNC(C)c2ccc(Br)cc2)cc1. The van der Waals surface area contributed by atoms with Crippen molar-refractivity contribution >= 4 is 15.9 Å². The molecule has 0 aliphatic heterocycles. The third-order valence-corrected chi connectivity index (χ3v) is 3.94. The van der Waals surface area contributed by atoms with E-state index in [0.717, 1.165) is 17.4 Å². The summed E-state index contributed by atoms with van der Waals surface area (Å²) in [6.45, 7) is 5.29. The smallest absolute Gasteiger partial charge is 0.0294 e. The minimum Gasteiger partial charge on any atom is -0.306 e. The van der Waals surface area contributed by atoms with Crippen LogP contribution in [-0.2, 0) is 13.0 Å². The minimum atomic E-state index is 0.360. The molecule has 100 valence electrons. The van der Waals surface area contributed by atoms with Crippen LogP contribution in [0.1, 0.15) is 36.6 Å². The Morgan fingerprint density at radius 2 is 1.53 bits per heavy atom. The average molecular weight is 318 g/mol. The molecule has 0 fully saturated rings. The summed E-state index contributed by atoms with van der Waals surface area (Å²) in [4.78, 5) is 0. The summed E-state index contributed by atoms with van der Waals surface area (Å²) in [6, 6.07) is 17.7. The van der Waals surface area contributed by atoms with Gasteiger partial charge in [-0.3, -0.25) is 0 Å². The van der Waals surface area contributed by atoms with Gasteiger partial charge < -0.3 is 5.32 Å². The fourth-order valence-electron chi connectivity index (χ4n) is 2.03. The zero-order valence-corrected chi connectivity index (χ0v) is 13.1. The molecule has 0 aliphatic carbocycles. The van der Waals surface area contributed by atoms with Gasteiger partial charge in [-0.1, -0.05) is 59.3 Å². The van der Waals surface area contributed by atoms with Crippen molar-refractivity contribution in [3.63, 3.8) is 0 Å². The molecule has 0 saturated carbocycles. The molecule has 1 N–H and O–H groups in total. The van der Waals surface area contributed by atoms with Crippen molar-refractivity contribution in [2.75, 3.05) is 0 Å². The lowest BCUT2D eigenvalue weighted by atomic mass is 10.1. The van der Waals surface area contributed by atoms with Crippen LogP contribution in [0.3, 0.4) is 0 Å². The molecule has 0 bridgehead atoms. The quantitative estimate of drug-likeness (QED) is 0.830. The molecule has 19 heavy (non-hydrogen) atoms. The fourth-order valence-corrected chi connectivity index (χ4v) is 2.30. The van der Waals surface area contributed by atoms with E-state index in [1.54, 1.807) is 0 Å². The highest BCUT2D eigenvalue weighted by atomic mass is 79.9. The molecular formula is C17H20BrN. The van der Waals surface area contributed by atoms with Crippen LogP contribution in [0.2, 0.25) is 0 Å². The van der Waals surface area contributed by atoms with Crippen LogP contribution in [0.25, 0.3) is 0 Å².